The summed E-state index contributed by atoms with van der Waals surface area (Å²) in [5, 5.41) is 10.9. The lowest BCUT2D eigenvalue weighted by Gasteiger charge is -2.33. The van der Waals surface area contributed by atoms with E-state index in [2.05, 4.69) is 0 Å². The summed E-state index contributed by atoms with van der Waals surface area (Å²) < 4.78 is 23.7. The molecule has 2 N–H and O–H groups in total. The van der Waals surface area contributed by atoms with Crippen LogP contribution in [0.2, 0.25) is 0 Å². The maximum atomic E-state index is 11.8. The molecule has 1 saturated heterocycles. The van der Waals surface area contributed by atoms with Crippen molar-refractivity contribution >= 4 is 46.0 Å². The molecule has 10 heteroatoms. The van der Waals surface area contributed by atoms with Gasteiger partial charge in [-0.2, -0.15) is 0 Å². The molecule has 0 saturated carbocycles. The number of piperidine rings is 1. The predicted molar refractivity (Wildman–Crippen MR) is 90.1 cm³/mol. The number of halogens is 2. The fourth-order valence-electron chi connectivity index (χ4n) is 2.41. The van der Waals surface area contributed by atoms with Gasteiger partial charge in [0, 0.05) is 37.5 Å². The molecule has 0 radical (unpaired) electrons. The van der Waals surface area contributed by atoms with Crippen molar-refractivity contribution in [3.8, 4) is 0 Å². The van der Waals surface area contributed by atoms with E-state index in [4.69, 9.17) is 5.73 Å². The molecule has 0 bridgehead atoms. The standard InChI is InChI=1S/C12H17N3O4S.2ClH/c1-20(18,19)12-5-4-10(15(16)17)7-11(12)14-6-2-3-9(13)8-14;;/h4-5,7,9H,2-3,6,8,13H2,1H3;2*1H. The summed E-state index contributed by atoms with van der Waals surface area (Å²) in [7, 11) is -3.45. The zero-order valence-corrected chi connectivity index (χ0v) is 14.4. The highest BCUT2D eigenvalue weighted by atomic mass is 35.5. The van der Waals surface area contributed by atoms with E-state index in [1.165, 1.54) is 18.2 Å². The van der Waals surface area contributed by atoms with Crippen LogP contribution in [0.3, 0.4) is 0 Å². The lowest BCUT2D eigenvalue weighted by Crippen LogP contribution is -2.43. The lowest BCUT2D eigenvalue weighted by atomic mass is 10.1. The Balaban J connectivity index is 0.00000220. The Hall–Kier alpha value is -1.09. The Kier molecular flexibility index (Phi) is 7.56. The average molecular weight is 372 g/mol. The maximum absolute atomic E-state index is 11.8. The molecule has 2 rings (SSSR count). The van der Waals surface area contributed by atoms with Crippen LogP contribution in [0.1, 0.15) is 12.8 Å². The monoisotopic (exact) mass is 371 g/mol. The SMILES string of the molecule is CS(=O)(=O)c1ccc([N+](=O)[O-])cc1N1CCCC(N)C1.Cl.Cl. The van der Waals surface area contributed by atoms with E-state index in [9.17, 15) is 18.5 Å². The number of rotatable bonds is 3. The number of benzene rings is 1. The molecule has 0 amide bonds. The second kappa shape index (κ2) is 7.96. The summed E-state index contributed by atoms with van der Waals surface area (Å²) >= 11 is 0. The van der Waals surface area contributed by atoms with Crippen molar-refractivity contribution < 1.29 is 13.3 Å². The van der Waals surface area contributed by atoms with Gasteiger partial charge in [-0.15, -0.1) is 24.8 Å². The number of sulfone groups is 1. The number of nitro benzene ring substituents is 1. The van der Waals surface area contributed by atoms with Crippen LogP contribution in [0, 0.1) is 10.1 Å². The highest BCUT2D eigenvalue weighted by molar-refractivity contribution is 7.90. The number of non-ortho nitro benzene ring substituents is 1. The Morgan fingerprint density at radius 1 is 1.36 bits per heavy atom. The van der Waals surface area contributed by atoms with Crippen LogP contribution in [-0.2, 0) is 9.84 Å². The lowest BCUT2D eigenvalue weighted by molar-refractivity contribution is -0.384. The molecule has 0 spiro atoms. The van der Waals surface area contributed by atoms with Crippen LogP contribution in [0.25, 0.3) is 0 Å². The first-order chi connectivity index (χ1) is 9.29. The molecule has 0 aliphatic carbocycles. The molecular formula is C12H19Cl2N3O4S. The van der Waals surface area contributed by atoms with E-state index in [0.29, 0.717) is 18.8 Å². The van der Waals surface area contributed by atoms with Gasteiger partial charge in [0.25, 0.3) is 5.69 Å². The minimum atomic E-state index is -3.45. The van der Waals surface area contributed by atoms with E-state index in [1.807, 2.05) is 4.90 Å². The first-order valence-electron chi connectivity index (χ1n) is 6.28. The number of nitrogens with zero attached hydrogens (tertiary/aromatic N) is 2. The van der Waals surface area contributed by atoms with Gasteiger partial charge in [0.2, 0.25) is 0 Å². The van der Waals surface area contributed by atoms with Crippen molar-refractivity contribution in [1.82, 2.24) is 0 Å². The molecule has 1 unspecified atom stereocenters. The molecular weight excluding hydrogens is 353 g/mol. The Morgan fingerprint density at radius 3 is 2.50 bits per heavy atom. The largest absolute Gasteiger partial charge is 0.369 e. The number of hydrogen-bond acceptors (Lipinski definition) is 6. The highest BCUT2D eigenvalue weighted by Gasteiger charge is 2.25. The molecule has 1 aromatic rings. The molecule has 1 atom stereocenters. The third-order valence-corrected chi connectivity index (χ3v) is 4.50. The normalized spacial score (nSPS) is 18.1. The summed E-state index contributed by atoms with van der Waals surface area (Å²) in [5.41, 5.74) is 6.15. The minimum Gasteiger partial charge on any atom is -0.369 e. The maximum Gasteiger partial charge on any atom is 0.271 e. The number of anilines is 1. The van der Waals surface area contributed by atoms with E-state index in [1.54, 1.807) is 0 Å². The van der Waals surface area contributed by atoms with Gasteiger partial charge >= 0.3 is 0 Å². The minimum absolute atomic E-state index is 0. The zero-order chi connectivity index (χ0) is 14.9. The second-order valence-corrected chi connectivity index (χ2v) is 7.01. The van der Waals surface area contributed by atoms with E-state index >= 15 is 0 Å². The zero-order valence-electron chi connectivity index (χ0n) is 12.0. The molecule has 22 heavy (non-hydrogen) atoms. The molecule has 1 aliphatic heterocycles. The third-order valence-electron chi connectivity index (χ3n) is 3.35. The topological polar surface area (TPSA) is 107 Å². The van der Waals surface area contributed by atoms with E-state index in [-0.39, 0.29) is 41.4 Å². The van der Waals surface area contributed by atoms with Gasteiger partial charge in [-0.25, -0.2) is 8.42 Å². The van der Waals surface area contributed by atoms with Crippen molar-refractivity contribution in [3.63, 3.8) is 0 Å². The number of nitro groups is 1. The molecule has 0 aromatic heterocycles. The summed E-state index contributed by atoms with van der Waals surface area (Å²) in [6.07, 6.45) is 2.81. The molecule has 1 fully saturated rings. The van der Waals surface area contributed by atoms with Crippen LogP contribution in [0.15, 0.2) is 23.1 Å². The van der Waals surface area contributed by atoms with Gasteiger partial charge in [-0.05, 0) is 18.9 Å². The van der Waals surface area contributed by atoms with Crippen LogP contribution in [0.4, 0.5) is 11.4 Å². The fraction of sp³-hybridized carbons (Fsp3) is 0.500. The molecule has 1 heterocycles. The molecule has 7 nitrogen and oxygen atoms in total. The summed E-state index contributed by atoms with van der Waals surface area (Å²) in [5.74, 6) is 0. The molecule has 126 valence electrons. The first-order valence-corrected chi connectivity index (χ1v) is 8.17. The summed E-state index contributed by atoms with van der Waals surface area (Å²) in [6.45, 7) is 1.15. The van der Waals surface area contributed by atoms with E-state index < -0.39 is 14.8 Å². The van der Waals surface area contributed by atoms with Crippen molar-refractivity contribution in [2.45, 2.75) is 23.8 Å². The Bertz CT molecular complexity index is 639. The highest BCUT2D eigenvalue weighted by Crippen LogP contribution is 2.31. The van der Waals surface area contributed by atoms with Gasteiger partial charge in [0.05, 0.1) is 15.5 Å². The van der Waals surface area contributed by atoms with Crippen molar-refractivity contribution in [2.24, 2.45) is 5.73 Å². The van der Waals surface area contributed by atoms with Crippen LogP contribution >= 0.6 is 24.8 Å². The van der Waals surface area contributed by atoms with Crippen molar-refractivity contribution in [2.75, 3.05) is 24.2 Å². The quantitative estimate of drug-likeness (QED) is 0.640. The van der Waals surface area contributed by atoms with Crippen LogP contribution in [-0.4, -0.2) is 38.7 Å². The van der Waals surface area contributed by atoms with Gasteiger partial charge in [0.1, 0.15) is 0 Å². The number of nitrogens with two attached hydrogens (primary N) is 1. The summed E-state index contributed by atoms with van der Waals surface area (Å²) in [4.78, 5) is 12.3. The van der Waals surface area contributed by atoms with Gasteiger partial charge < -0.3 is 10.6 Å². The third kappa shape index (κ3) is 4.70. The van der Waals surface area contributed by atoms with Gasteiger partial charge in [-0.3, -0.25) is 10.1 Å². The fourth-order valence-corrected chi connectivity index (χ4v) is 3.29. The van der Waals surface area contributed by atoms with E-state index in [0.717, 1.165) is 19.1 Å². The van der Waals surface area contributed by atoms with Gasteiger partial charge in [0.15, 0.2) is 9.84 Å². The molecule has 1 aromatic carbocycles. The summed E-state index contributed by atoms with van der Waals surface area (Å²) in [6, 6.07) is 3.77. The predicted octanol–water partition coefficient (Wildman–Crippen LogP) is 1.77. The molecule has 1 aliphatic rings. The number of hydrogen-bond donors (Lipinski definition) is 1. The average Bonchev–Trinajstić information content (AvgIpc) is 2.37. The van der Waals surface area contributed by atoms with Crippen LogP contribution < -0.4 is 10.6 Å². The first kappa shape index (κ1) is 20.9. The Labute approximate surface area is 141 Å². The second-order valence-electron chi connectivity index (χ2n) is 5.03. The van der Waals surface area contributed by atoms with Crippen molar-refractivity contribution in [1.29, 1.82) is 0 Å². The van der Waals surface area contributed by atoms with Crippen LogP contribution in [0.5, 0.6) is 0 Å². The Morgan fingerprint density at radius 2 is 2.00 bits per heavy atom. The van der Waals surface area contributed by atoms with Gasteiger partial charge in [-0.1, -0.05) is 0 Å². The van der Waals surface area contributed by atoms with Crippen molar-refractivity contribution in [3.05, 3.63) is 28.3 Å². The smallest absolute Gasteiger partial charge is 0.271 e.